The minimum atomic E-state index is -2.90. The number of hydrogen-bond acceptors (Lipinski definition) is 4. The van der Waals surface area contributed by atoms with Crippen LogP contribution in [0.2, 0.25) is 5.02 Å². The van der Waals surface area contributed by atoms with Crippen LogP contribution >= 0.6 is 23.4 Å². The highest BCUT2D eigenvalue weighted by Gasteiger charge is 2.44. The van der Waals surface area contributed by atoms with Gasteiger partial charge < -0.3 is 14.4 Å². The SMILES string of the molecule is OC[C@@H]1Sc2cccc(OC(F)F)c2[C@H]2C[C@@H]1c1nc3ccc(Cl)cc3n12. The fourth-order valence-corrected chi connectivity index (χ4v) is 5.74. The van der Waals surface area contributed by atoms with E-state index in [4.69, 9.17) is 21.3 Å². The zero-order valence-electron chi connectivity index (χ0n) is 14.0. The molecule has 2 aromatic carbocycles. The van der Waals surface area contributed by atoms with Gasteiger partial charge in [-0.05, 0) is 36.8 Å². The fraction of sp³-hybridized carbons (Fsp3) is 0.316. The smallest absolute Gasteiger partial charge is 0.387 e. The molecule has 0 saturated carbocycles. The minimum Gasteiger partial charge on any atom is -0.434 e. The molecule has 0 amide bonds. The Bertz CT molecular complexity index is 1040. The molecule has 2 aliphatic heterocycles. The average Bonchev–Trinajstić information content (AvgIpc) is 3.10. The quantitative estimate of drug-likeness (QED) is 0.674. The molecule has 0 fully saturated rings. The van der Waals surface area contributed by atoms with E-state index in [9.17, 15) is 13.9 Å². The molecule has 5 rings (SSSR count). The van der Waals surface area contributed by atoms with E-state index >= 15 is 0 Å². The van der Waals surface area contributed by atoms with Crippen molar-refractivity contribution in [3.63, 3.8) is 0 Å². The molecule has 0 radical (unpaired) electrons. The fourth-order valence-electron chi connectivity index (χ4n) is 4.25. The van der Waals surface area contributed by atoms with Crippen LogP contribution in [-0.2, 0) is 0 Å². The number of aliphatic hydroxyl groups excluding tert-OH is 1. The Hall–Kier alpha value is -1.83. The normalized spacial score (nSPS) is 23.4. The predicted octanol–water partition coefficient (Wildman–Crippen LogP) is 4.83. The molecule has 0 unspecified atom stereocenters. The number of hydrogen-bond donors (Lipinski definition) is 1. The Morgan fingerprint density at radius 3 is 2.96 bits per heavy atom. The number of fused-ring (bicyclic) bond motifs is 9. The number of benzene rings is 2. The van der Waals surface area contributed by atoms with Crippen LogP contribution in [0.15, 0.2) is 41.3 Å². The number of halogens is 3. The third-order valence-corrected chi connectivity index (χ3v) is 6.91. The lowest BCUT2D eigenvalue weighted by Crippen LogP contribution is -2.18. The molecule has 0 saturated heterocycles. The predicted molar refractivity (Wildman–Crippen MR) is 100 cm³/mol. The molecule has 3 aromatic rings. The van der Waals surface area contributed by atoms with Crippen LogP contribution in [-0.4, -0.2) is 33.1 Å². The van der Waals surface area contributed by atoms with E-state index in [0.29, 0.717) is 11.4 Å². The van der Waals surface area contributed by atoms with Gasteiger partial charge in [0.1, 0.15) is 11.6 Å². The monoisotopic (exact) mass is 408 g/mol. The highest BCUT2D eigenvalue weighted by Crippen LogP contribution is 2.55. The molecule has 0 aliphatic carbocycles. The number of ether oxygens (including phenoxy) is 1. The maximum atomic E-state index is 13.0. The van der Waals surface area contributed by atoms with Crippen molar-refractivity contribution in [3.05, 3.63) is 52.8 Å². The third kappa shape index (κ3) is 2.63. The van der Waals surface area contributed by atoms with E-state index in [2.05, 4.69) is 4.57 Å². The number of nitrogens with zero attached hydrogens (tertiary/aromatic N) is 2. The number of aromatic nitrogens is 2. The summed E-state index contributed by atoms with van der Waals surface area (Å²) in [6.07, 6.45) is 0.680. The van der Waals surface area contributed by atoms with Gasteiger partial charge in [0, 0.05) is 26.6 Å². The Kier molecular flexibility index (Phi) is 4.07. The molecule has 1 N–H and O–H groups in total. The van der Waals surface area contributed by atoms with Crippen LogP contribution in [0.5, 0.6) is 5.75 Å². The van der Waals surface area contributed by atoms with Crippen LogP contribution in [0.3, 0.4) is 0 Å². The maximum absolute atomic E-state index is 13.0. The second kappa shape index (κ2) is 6.36. The minimum absolute atomic E-state index is 0.0166. The third-order valence-electron chi connectivity index (χ3n) is 5.28. The van der Waals surface area contributed by atoms with Crippen LogP contribution < -0.4 is 4.74 Å². The van der Waals surface area contributed by atoms with E-state index in [1.807, 2.05) is 18.2 Å². The molecule has 140 valence electrons. The second-order valence-corrected chi connectivity index (χ2v) is 8.43. The summed E-state index contributed by atoms with van der Waals surface area (Å²) < 4.78 is 32.9. The number of aliphatic hydroxyl groups is 1. The Morgan fingerprint density at radius 1 is 1.33 bits per heavy atom. The molecular formula is C19H15ClF2N2O2S. The summed E-state index contributed by atoms with van der Waals surface area (Å²) in [6, 6.07) is 10.5. The van der Waals surface area contributed by atoms with Crippen molar-refractivity contribution in [1.82, 2.24) is 9.55 Å². The Morgan fingerprint density at radius 2 is 2.19 bits per heavy atom. The number of alkyl halides is 2. The summed E-state index contributed by atoms with van der Waals surface area (Å²) in [4.78, 5) is 5.63. The lowest BCUT2D eigenvalue weighted by molar-refractivity contribution is -0.0508. The summed E-state index contributed by atoms with van der Waals surface area (Å²) in [7, 11) is 0. The molecule has 8 heteroatoms. The second-order valence-electron chi connectivity index (χ2n) is 6.72. The first-order valence-corrected chi connectivity index (χ1v) is 9.85. The summed E-state index contributed by atoms with van der Waals surface area (Å²) >= 11 is 7.70. The standard InChI is InChI=1S/C19H15ClF2N2O2S/c20-9-4-5-11-12(6-9)24-13-7-10(18(24)23-11)16(8-25)27-15-3-1-2-14(17(13)15)26-19(21)22/h1-6,10,13,16,19,25H,7-8H2/t10-,13+,16-/m0/s1. The topological polar surface area (TPSA) is 47.3 Å². The van der Waals surface area contributed by atoms with Crippen molar-refractivity contribution in [3.8, 4) is 5.75 Å². The van der Waals surface area contributed by atoms with Crippen LogP contribution in [0, 0.1) is 0 Å². The molecule has 3 heterocycles. The van der Waals surface area contributed by atoms with Crippen molar-refractivity contribution in [1.29, 1.82) is 0 Å². The zero-order chi connectivity index (χ0) is 18.7. The van der Waals surface area contributed by atoms with Crippen LogP contribution in [0.1, 0.15) is 29.8 Å². The van der Waals surface area contributed by atoms with Gasteiger partial charge in [-0.1, -0.05) is 17.7 Å². The highest BCUT2D eigenvalue weighted by molar-refractivity contribution is 8.00. The van der Waals surface area contributed by atoms with E-state index in [0.717, 1.165) is 27.3 Å². The van der Waals surface area contributed by atoms with Gasteiger partial charge in [0.15, 0.2) is 0 Å². The first-order valence-electron chi connectivity index (χ1n) is 8.59. The lowest BCUT2D eigenvalue weighted by atomic mass is 9.96. The van der Waals surface area contributed by atoms with Gasteiger partial charge >= 0.3 is 6.61 Å². The van der Waals surface area contributed by atoms with Crippen LogP contribution in [0.4, 0.5) is 8.78 Å². The molecule has 3 atom stereocenters. The molecule has 2 aliphatic rings. The summed E-state index contributed by atoms with van der Waals surface area (Å²) in [5, 5.41) is 10.5. The lowest BCUT2D eigenvalue weighted by Gasteiger charge is -2.23. The van der Waals surface area contributed by atoms with Gasteiger partial charge in [0.05, 0.1) is 23.7 Å². The largest absolute Gasteiger partial charge is 0.434 e. The zero-order valence-corrected chi connectivity index (χ0v) is 15.6. The number of imidazole rings is 1. The number of thioether (sulfide) groups is 1. The summed E-state index contributed by atoms with van der Waals surface area (Å²) in [5.41, 5.74) is 2.40. The molecule has 1 aromatic heterocycles. The first kappa shape index (κ1) is 17.3. The van der Waals surface area contributed by atoms with Gasteiger partial charge in [-0.3, -0.25) is 0 Å². The molecule has 0 spiro atoms. The van der Waals surface area contributed by atoms with E-state index in [-0.39, 0.29) is 29.6 Å². The summed E-state index contributed by atoms with van der Waals surface area (Å²) in [5.74, 6) is 1.05. The van der Waals surface area contributed by atoms with Crippen molar-refractivity contribution in [2.24, 2.45) is 0 Å². The first-order chi connectivity index (χ1) is 13.1. The maximum Gasteiger partial charge on any atom is 0.387 e. The molecule has 4 nitrogen and oxygen atoms in total. The van der Waals surface area contributed by atoms with Gasteiger partial charge in [0.2, 0.25) is 0 Å². The highest BCUT2D eigenvalue weighted by atomic mass is 35.5. The van der Waals surface area contributed by atoms with E-state index < -0.39 is 6.61 Å². The van der Waals surface area contributed by atoms with Gasteiger partial charge in [0.25, 0.3) is 0 Å². The Labute approximate surface area is 163 Å². The number of rotatable bonds is 3. The molecule has 2 bridgehead atoms. The van der Waals surface area contributed by atoms with Gasteiger partial charge in [-0.2, -0.15) is 8.78 Å². The van der Waals surface area contributed by atoms with Crippen molar-refractivity contribution in [2.45, 2.75) is 35.1 Å². The Balaban J connectivity index is 1.78. The van der Waals surface area contributed by atoms with E-state index in [1.54, 1.807) is 18.2 Å². The van der Waals surface area contributed by atoms with Crippen LogP contribution in [0.25, 0.3) is 11.0 Å². The average molecular weight is 409 g/mol. The van der Waals surface area contributed by atoms with E-state index in [1.165, 1.54) is 11.8 Å². The van der Waals surface area contributed by atoms with Crippen molar-refractivity contribution < 1.29 is 18.6 Å². The summed E-state index contributed by atoms with van der Waals surface area (Å²) in [6.45, 7) is -2.92. The molecular weight excluding hydrogens is 394 g/mol. The van der Waals surface area contributed by atoms with Crippen molar-refractivity contribution in [2.75, 3.05) is 6.61 Å². The molecule has 27 heavy (non-hydrogen) atoms. The van der Waals surface area contributed by atoms with Crippen molar-refractivity contribution >= 4 is 34.4 Å². The van der Waals surface area contributed by atoms with Gasteiger partial charge in [-0.25, -0.2) is 4.98 Å². The van der Waals surface area contributed by atoms with Gasteiger partial charge in [-0.15, -0.1) is 11.8 Å².